The zero-order chi connectivity index (χ0) is 32.6. The van der Waals surface area contributed by atoms with Gasteiger partial charge in [0.25, 0.3) is 10.0 Å². The maximum absolute atomic E-state index is 14.3. The summed E-state index contributed by atoms with van der Waals surface area (Å²) >= 11 is 13.0. The Hall–Kier alpha value is -3.47. The molecule has 0 saturated carbocycles. The summed E-state index contributed by atoms with van der Waals surface area (Å²) in [5, 5.41) is 3.58. The van der Waals surface area contributed by atoms with Gasteiger partial charge in [0.15, 0.2) is 11.5 Å². The average molecular weight is 665 g/mol. The predicted octanol–water partition coefficient (Wildman–Crippen LogP) is 6.24. The Morgan fingerprint density at radius 1 is 0.909 bits per heavy atom. The molecule has 0 aliphatic rings. The van der Waals surface area contributed by atoms with E-state index >= 15 is 0 Å². The van der Waals surface area contributed by atoms with Crippen LogP contribution in [0.1, 0.15) is 44.7 Å². The number of rotatable bonds is 14. The highest BCUT2D eigenvalue weighted by atomic mass is 35.5. The monoisotopic (exact) mass is 663 g/mol. The number of nitrogens with zero attached hydrogens (tertiary/aromatic N) is 2. The van der Waals surface area contributed by atoms with Crippen LogP contribution < -0.4 is 19.1 Å². The second kappa shape index (κ2) is 15.5. The molecule has 1 N–H and O–H groups in total. The fraction of sp³-hybridized carbons (Fsp3) is 0.375. The highest BCUT2D eigenvalue weighted by molar-refractivity contribution is 7.92. The Balaban J connectivity index is 2.16. The number of nitrogens with one attached hydrogen (secondary N) is 1. The van der Waals surface area contributed by atoms with Gasteiger partial charge in [0, 0.05) is 34.3 Å². The van der Waals surface area contributed by atoms with Crippen LogP contribution in [0.4, 0.5) is 5.69 Å². The number of hydrogen-bond donors (Lipinski definition) is 1. The van der Waals surface area contributed by atoms with Crippen molar-refractivity contribution in [1.29, 1.82) is 0 Å². The van der Waals surface area contributed by atoms with E-state index in [0.29, 0.717) is 27.8 Å². The summed E-state index contributed by atoms with van der Waals surface area (Å²) in [4.78, 5) is 29.1. The van der Waals surface area contributed by atoms with E-state index in [1.54, 1.807) is 43.3 Å². The molecule has 3 rings (SSSR count). The van der Waals surface area contributed by atoms with E-state index in [1.165, 1.54) is 43.4 Å². The molecule has 0 aromatic heterocycles. The number of benzene rings is 3. The van der Waals surface area contributed by atoms with Gasteiger partial charge in [-0.25, -0.2) is 8.42 Å². The number of methoxy groups -OCH3 is 2. The summed E-state index contributed by atoms with van der Waals surface area (Å²) in [6.45, 7) is 6.70. The van der Waals surface area contributed by atoms with Gasteiger partial charge >= 0.3 is 0 Å². The predicted molar refractivity (Wildman–Crippen MR) is 174 cm³/mol. The number of halogens is 2. The first-order chi connectivity index (χ1) is 20.9. The molecule has 44 heavy (non-hydrogen) atoms. The summed E-state index contributed by atoms with van der Waals surface area (Å²) in [6.07, 6.45) is 0.950. The van der Waals surface area contributed by atoms with Crippen LogP contribution in [0.15, 0.2) is 65.6 Å². The Kier molecular flexibility index (Phi) is 12.3. The van der Waals surface area contributed by atoms with Gasteiger partial charge in [-0.3, -0.25) is 13.9 Å². The van der Waals surface area contributed by atoms with Crippen LogP contribution in [-0.4, -0.2) is 58.0 Å². The lowest BCUT2D eigenvalue weighted by molar-refractivity contribution is -0.140. The molecular formula is C32H39Cl2N3O6S. The molecule has 3 aromatic carbocycles. The molecule has 3 aromatic rings. The maximum atomic E-state index is 14.3. The van der Waals surface area contributed by atoms with Gasteiger partial charge < -0.3 is 19.7 Å². The van der Waals surface area contributed by atoms with Crippen molar-refractivity contribution in [3.63, 3.8) is 0 Å². The first-order valence-electron chi connectivity index (χ1n) is 14.2. The van der Waals surface area contributed by atoms with Crippen molar-refractivity contribution in [2.24, 2.45) is 0 Å². The number of carbonyl (C=O) groups is 2. The van der Waals surface area contributed by atoms with Crippen LogP contribution in [0, 0.1) is 6.92 Å². The number of carbonyl (C=O) groups excluding carboxylic acids is 2. The van der Waals surface area contributed by atoms with Crippen LogP contribution >= 0.6 is 23.2 Å². The van der Waals surface area contributed by atoms with Crippen LogP contribution in [0.25, 0.3) is 0 Å². The molecule has 0 aliphatic heterocycles. The largest absolute Gasteiger partial charge is 0.493 e. The van der Waals surface area contributed by atoms with Gasteiger partial charge in [-0.1, -0.05) is 60.8 Å². The van der Waals surface area contributed by atoms with Gasteiger partial charge in [-0.05, 0) is 63.1 Å². The summed E-state index contributed by atoms with van der Waals surface area (Å²) < 4.78 is 40.1. The standard InChI is InChI=1S/C32H39Cl2N3O6S/c1-7-22(4)35-32(39)28(8-2)36(19-25-26(33)10-9-11-27(25)34)31(38)20-37(23-14-17-29(42-5)30(18-23)43-6)44(40,41)24-15-12-21(3)13-16-24/h9-18,22,28H,7-8,19-20H2,1-6H3,(H,35,39)/t22-,28-/m0/s1. The van der Waals surface area contributed by atoms with Crippen molar-refractivity contribution >= 4 is 50.7 Å². The van der Waals surface area contributed by atoms with E-state index in [2.05, 4.69) is 5.32 Å². The third-order valence-electron chi connectivity index (χ3n) is 7.32. The highest BCUT2D eigenvalue weighted by Gasteiger charge is 2.35. The number of hydrogen-bond acceptors (Lipinski definition) is 6. The van der Waals surface area contributed by atoms with Crippen LogP contribution in [-0.2, 0) is 26.2 Å². The van der Waals surface area contributed by atoms with Crippen molar-refractivity contribution < 1.29 is 27.5 Å². The topological polar surface area (TPSA) is 105 Å². The summed E-state index contributed by atoms with van der Waals surface area (Å²) in [7, 11) is -1.37. The van der Waals surface area contributed by atoms with E-state index in [-0.39, 0.29) is 41.2 Å². The molecule has 238 valence electrons. The molecule has 2 atom stereocenters. The molecule has 2 amide bonds. The average Bonchev–Trinajstić information content (AvgIpc) is 3.00. The minimum Gasteiger partial charge on any atom is -0.493 e. The highest BCUT2D eigenvalue weighted by Crippen LogP contribution is 2.34. The van der Waals surface area contributed by atoms with Gasteiger partial charge in [-0.15, -0.1) is 0 Å². The van der Waals surface area contributed by atoms with Crippen LogP contribution in [0.2, 0.25) is 10.0 Å². The van der Waals surface area contributed by atoms with Crippen molar-refractivity contribution in [2.45, 2.75) is 64.1 Å². The lowest BCUT2D eigenvalue weighted by atomic mass is 10.1. The molecule has 0 heterocycles. The molecule has 0 spiro atoms. The van der Waals surface area contributed by atoms with Crippen LogP contribution in [0.5, 0.6) is 11.5 Å². The molecule has 9 nitrogen and oxygen atoms in total. The van der Waals surface area contributed by atoms with Crippen LogP contribution in [0.3, 0.4) is 0 Å². The quantitative estimate of drug-likeness (QED) is 0.219. The maximum Gasteiger partial charge on any atom is 0.264 e. The summed E-state index contributed by atoms with van der Waals surface area (Å²) in [5.41, 5.74) is 1.49. The van der Waals surface area contributed by atoms with Crippen molar-refractivity contribution in [2.75, 3.05) is 25.1 Å². The number of amides is 2. The molecule has 0 fully saturated rings. The van der Waals surface area contributed by atoms with E-state index in [4.69, 9.17) is 32.7 Å². The first kappa shape index (κ1) is 35.0. The number of ether oxygens (including phenoxy) is 2. The van der Waals surface area contributed by atoms with Gasteiger partial charge in [-0.2, -0.15) is 0 Å². The fourth-order valence-electron chi connectivity index (χ4n) is 4.56. The minimum absolute atomic E-state index is 0.00654. The number of anilines is 1. The molecule has 0 unspecified atom stereocenters. The Morgan fingerprint density at radius 2 is 1.52 bits per heavy atom. The molecule has 0 radical (unpaired) electrons. The van der Waals surface area contributed by atoms with E-state index in [9.17, 15) is 18.0 Å². The Bertz CT molecular complexity index is 1550. The molecular weight excluding hydrogens is 625 g/mol. The normalized spacial score (nSPS) is 12.6. The van der Waals surface area contributed by atoms with E-state index < -0.39 is 28.5 Å². The summed E-state index contributed by atoms with van der Waals surface area (Å²) in [6, 6.07) is 14.8. The third-order valence-corrected chi connectivity index (χ3v) is 9.82. The van der Waals surface area contributed by atoms with Gasteiger partial charge in [0.2, 0.25) is 11.8 Å². The van der Waals surface area contributed by atoms with E-state index in [0.717, 1.165) is 9.87 Å². The number of aryl methyl sites for hydroxylation is 1. The van der Waals surface area contributed by atoms with Gasteiger partial charge in [0.1, 0.15) is 12.6 Å². The molecule has 12 heteroatoms. The van der Waals surface area contributed by atoms with Crippen molar-refractivity contribution in [3.8, 4) is 11.5 Å². The van der Waals surface area contributed by atoms with E-state index in [1.807, 2.05) is 20.8 Å². The zero-order valence-electron chi connectivity index (χ0n) is 25.8. The van der Waals surface area contributed by atoms with Gasteiger partial charge in [0.05, 0.1) is 24.8 Å². The first-order valence-corrected chi connectivity index (χ1v) is 16.4. The second-order valence-corrected chi connectivity index (χ2v) is 13.0. The lowest BCUT2D eigenvalue weighted by Crippen LogP contribution is -2.53. The number of sulfonamides is 1. The smallest absolute Gasteiger partial charge is 0.264 e. The second-order valence-electron chi connectivity index (χ2n) is 10.3. The zero-order valence-corrected chi connectivity index (χ0v) is 28.1. The Morgan fingerprint density at radius 3 is 2.07 bits per heavy atom. The molecule has 0 saturated heterocycles. The SMILES string of the molecule is CC[C@H](C)NC(=O)[C@H](CC)N(Cc1c(Cl)cccc1Cl)C(=O)CN(c1ccc(OC)c(OC)c1)S(=O)(=O)c1ccc(C)cc1. The summed E-state index contributed by atoms with van der Waals surface area (Å²) in [5.74, 6) is -0.325. The van der Waals surface area contributed by atoms with Crippen molar-refractivity contribution in [3.05, 3.63) is 81.8 Å². The van der Waals surface area contributed by atoms with Crippen molar-refractivity contribution in [1.82, 2.24) is 10.2 Å². The minimum atomic E-state index is -4.27. The third kappa shape index (κ3) is 8.16. The molecule has 0 aliphatic carbocycles. The fourth-order valence-corrected chi connectivity index (χ4v) is 6.48. The lowest BCUT2D eigenvalue weighted by Gasteiger charge is -2.34. The molecule has 0 bridgehead atoms. The Labute approximate surface area is 270 Å².